The summed E-state index contributed by atoms with van der Waals surface area (Å²) in [4.78, 5) is 17.7. The Balaban J connectivity index is 1.66. The number of carbonyl (C=O) groups is 1. The standard InChI is InChI=1S/C22H17Cl2N3O3S2/c1-2-27-19-11-8-16(24)13-20(19)31-22(27)25-21(28)14-4-3-5-17(12-14)26-32(29,30)18-9-6-15(23)7-10-18/h3-13,26H,2H2,1H3. The molecular weight excluding hydrogens is 489 g/mol. The molecule has 1 N–H and O–H groups in total. The first kappa shape index (κ1) is 22.5. The summed E-state index contributed by atoms with van der Waals surface area (Å²) < 4.78 is 30.6. The Labute approximate surface area is 198 Å². The van der Waals surface area contributed by atoms with Gasteiger partial charge in [0, 0.05) is 27.8 Å². The minimum Gasteiger partial charge on any atom is -0.317 e. The average Bonchev–Trinajstić information content (AvgIpc) is 3.09. The minimum atomic E-state index is -3.83. The summed E-state index contributed by atoms with van der Waals surface area (Å²) in [5.74, 6) is -0.475. The number of amides is 1. The molecule has 0 radical (unpaired) electrons. The van der Waals surface area contributed by atoms with Gasteiger partial charge in [0.1, 0.15) is 0 Å². The number of nitrogens with zero attached hydrogens (tertiary/aromatic N) is 2. The van der Waals surface area contributed by atoms with E-state index in [1.165, 1.54) is 41.7 Å². The summed E-state index contributed by atoms with van der Waals surface area (Å²) in [6.07, 6.45) is 0. The molecule has 0 atom stereocenters. The van der Waals surface area contributed by atoms with Gasteiger partial charge < -0.3 is 4.57 Å². The van der Waals surface area contributed by atoms with Crippen LogP contribution in [0.2, 0.25) is 10.0 Å². The van der Waals surface area contributed by atoms with Crippen molar-refractivity contribution >= 4 is 66.4 Å². The number of aryl methyl sites for hydroxylation is 1. The predicted molar refractivity (Wildman–Crippen MR) is 129 cm³/mol. The van der Waals surface area contributed by atoms with Crippen LogP contribution in [0.4, 0.5) is 5.69 Å². The molecule has 32 heavy (non-hydrogen) atoms. The largest absolute Gasteiger partial charge is 0.317 e. The lowest BCUT2D eigenvalue weighted by atomic mass is 10.2. The van der Waals surface area contributed by atoms with Gasteiger partial charge in [-0.3, -0.25) is 9.52 Å². The fourth-order valence-electron chi connectivity index (χ4n) is 3.13. The number of aromatic nitrogens is 1. The predicted octanol–water partition coefficient (Wildman–Crippen LogP) is 5.57. The van der Waals surface area contributed by atoms with E-state index in [0.29, 0.717) is 21.4 Å². The van der Waals surface area contributed by atoms with Crippen LogP contribution in [0.1, 0.15) is 17.3 Å². The number of carbonyl (C=O) groups excluding carboxylic acids is 1. The van der Waals surface area contributed by atoms with Crippen LogP contribution in [0.5, 0.6) is 0 Å². The monoisotopic (exact) mass is 505 g/mol. The number of thiazole rings is 1. The zero-order valence-electron chi connectivity index (χ0n) is 16.7. The van der Waals surface area contributed by atoms with Gasteiger partial charge in [-0.05, 0) is 67.6 Å². The average molecular weight is 506 g/mol. The second kappa shape index (κ2) is 9.07. The molecule has 0 aliphatic rings. The summed E-state index contributed by atoms with van der Waals surface area (Å²) in [6, 6.07) is 17.6. The molecule has 0 saturated heterocycles. The van der Waals surface area contributed by atoms with Crippen LogP contribution in [-0.2, 0) is 16.6 Å². The first-order valence-corrected chi connectivity index (χ1v) is 12.6. The van der Waals surface area contributed by atoms with Gasteiger partial charge in [-0.25, -0.2) is 8.42 Å². The second-order valence-corrected chi connectivity index (χ2v) is 10.4. The first-order chi connectivity index (χ1) is 15.3. The highest BCUT2D eigenvalue weighted by Gasteiger charge is 2.15. The Hall–Kier alpha value is -2.65. The summed E-state index contributed by atoms with van der Waals surface area (Å²) in [5, 5.41) is 1.05. The quantitative estimate of drug-likeness (QED) is 0.384. The number of sulfonamides is 1. The maximum Gasteiger partial charge on any atom is 0.279 e. The Kier molecular flexibility index (Phi) is 6.39. The lowest BCUT2D eigenvalue weighted by Gasteiger charge is -2.09. The number of halogens is 2. The van der Waals surface area contributed by atoms with Crippen LogP contribution in [0.3, 0.4) is 0 Å². The normalized spacial score (nSPS) is 12.3. The lowest BCUT2D eigenvalue weighted by molar-refractivity contribution is 0.0998. The van der Waals surface area contributed by atoms with Gasteiger partial charge >= 0.3 is 0 Å². The molecule has 0 bridgehead atoms. The van der Waals surface area contributed by atoms with Crippen molar-refractivity contribution < 1.29 is 13.2 Å². The van der Waals surface area contributed by atoms with Crippen LogP contribution < -0.4 is 9.52 Å². The van der Waals surface area contributed by atoms with E-state index in [0.717, 1.165) is 10.2 Å². The maximum absolute atomic E-state index is 12.9. The zero-order valence-corrected chi connectivity index (χ0v) is 19.9. The molecule has 1 heterocycles. The van der Waals surface area contributed by atoms with E-state index in [1.807, 2.05) is 23.6 Å². The number of fused-ring (bicyclic) bond motifs is 1. The van der Waals surface area contributed by atoms with Crippen LogP contribution >= 0.6 is 34.5 Å². The number of hydrogen-bond acceptors (Lipinski definition) is 4. The molecule has 3 aromatic carbocycles. The molecule has 6 nitrogen and oxygen atoms in total. The molecule has 4 rings (SSSR count). The van der Waals surface area contributed by atoms with E-state index in [4.69, 9.17) is 23.2 Å². The molecular formula is C22H17Cl2N3O3S2. The topological polar surface area (TPSA) is 80.5 Å². The third-order valence-corrected chi connectivity index (χ3v) is 7.57. The maximum atomic E-state index is 12.9. The molecule has 164 valence electrons. The van der Waals surface area contributed by atoms with Crippen LogP contribution in [0.25, 0.3) is 10.2 Å². The van der Waals surface area contributed by atoms with E-state index in [1.54, 1.807) is 24.3 Å². The Morgan fingerprint density at radius 1 is 1.03 bits per heavy atom. The van der Waals surface area contributed by atoms with E-state index in [9.17, 15) is 13.2 Å². The molecule has 10 heteroatoms. The molecule has 0 spiro atoms. The summed E-state index contributed by atoms with van der Waals surface area (Å²) >= 11 is 13.3. The van der Waals surface area contributed by atoms with Crippen molar-refractivity contribution in [3.63, 3.8) is 0 Å². The number of rotatable bonds is 5. The van der Waals surface area contributed by atoms with Crippen molar-refractivity contribution in [3.8, 4) is 0 Å². The SMILES string of the molecule is CCn1c(=NC(=O)c2cccc(NS(=O)(=O)c3ccc(Cl)cc3)c2)sc2cc(Cl)ccc21. The molecule has 0 saturated carbocycles. The van der Waals surface area contributed by atoms with Gasteiger partial charge in [0.2, 0.25) is 0 Å². The van der Waals surface area contributed by atoms with Gasteiger partial charge in [-0.15, -0.1) is 0 Å². The molecule has 0 unspecified atom stereocenters. The minimum absolute atomic E-state index is 0.0660. The third kappa shape index (κ3) is 4.73. The second-order valence-electron chi connectivity index (χ2n) is 6.80. The van der Waals surface area contributed by atoms with Crippen molar-refractivity contribution in [3.05, 3.63) is 87.1 Å². The highest BCUT2D eigenvalue weighted by molar-refractivity contribution is 7.92. The fraction of sp³-hybridized carbons (Fsp3) is 0.0909. The molecule has 4 aromatic rings. The highest BCUT2D eigenvalue weighted by atomic mass is 35.5. The van der Waals surface area contributed by atoms with Crippen LogP contribution in [0.15, 0.2) is 76.6 Å². The highest BCUT2D eigenvalue weighted by Crippen LogP contribution is 2.22. The van der Waals surface area contributed by atoms with E-state index >= 15 is 0 Å². The van der Waals surface area contributed by atoms with E-state index in [2.05, 4.69) is 9.71 Å². The van der Waals surface area contributed by atoms with Crippen LogP contribution in [0, 0.1) is 0 Å². The third-order valence-electron chi connectivity index (χ3n) is 4.64. The number of benzene rings is 3. The number of hydrogen-bond donors (Lipinski definition) is 1. The molecule has 0 fully saturated rings. The van der Waals surface area contributed by atoms with Crippen LogP contribution in [-0.4, -0.2) is 18.9 Å². The number of anilines is 1. The van der Waals surface area contributed by atoms with Gasteiger partial charge in [0.25, 0.3) is 15.9 Å². The fourth-order valence-corrected chi connectivity index (χ4v) is 5.68. The first-order valence-electron chi connectivity index (χ1n) is 9.53. The van der Waals surface area contributed by atoms with Crippen molar-refractivity contribution in [2.75, 3.05) is 4.72 Å². The lowest BCUT2D eigenvalue weighted by Crippen LogP contribution is -2.16. The summed E-state index contributed by atoms with van der Waals surface area (Å²) in [7, 11) is -3.83. The Morgan fingerprint density at radius 3 is 2.47 bits per heavy atom. The van der Waals surface area contributed by atoms with Gasteiger partial charge in [-0.2, -0.15) is 4.99 Å². The van der Waals surface area contributed by atoms with Crippen molar-refractivity contribution in [1.29, 1.82) is 0 Å². The Bertz CT molecular complexity index is 1490. The van der Waals surface area contributed by atoms with E-state index in [-0.39, 0.29) is 16.1 Å². The summed E-state index contributed by atoms with van der Waals surface area (Å²) in [6.45, 7) is 2.60. The smallest absolute Gasteiger partial charge is 0.279 e. The van der Waals surface area contributed by atoms with Gasteiger partial charge in [0.05, 0.1) is 15.1 Å². The van der Waals surface area contributed by atoms with Gasteiger partial charge in [-0.1, -0.05) is 40.6 Å². The summed E-state index contributed by atoms with van der Waals surface area (Å²) in [5.41, 5.74) is 1.46. The molecule has 0 aliphatic carbocycles. The number of nitrogens with one attached hydrogen (secondary N) is 1. The van der Waals surface area contributed by atoms with E-state index < -0.39 is 15.9 Å². The Morgan fingerprint density at radius 2 is 1.75 bits per heavy atom. The molecule has 1 aromatic heterocycles. The molecule has 1 amide bonds. The van der Waals surface area contributed by atoms with Crippen molar-refractivity contribution in [1.82, 2.24) is 4.57 Å². The van der Waals surface area contributed by atoms with Gasteiger partial charge in [0.15, 0.2) is 4.80 Å². The zero-order chi connectivity index (χ0) is 22.9. The van der Waals surface area contributed by atoms with Crippen molar-refractivity contribution in [2.45, 2.75) is 18.4 Å². The van der Waals surface area contributed by atoms with Crippen molar-refractivity contribution in [2.24, 2.45) is 4.99 Å². The molecule has 0 aliphatic heterocycles.